The van der Waals surface area contributed by atoms with E-state index in [-0.39, 0.29) is 29.4 Å². The van der Waals surface area contributed by atoms with E-state index in [1.165, 1.54) is 36.4 Å². The molecule has 3 rings (SSSR count). The summed E-state index contributed by atoms with van der Waals surface area (Å²) in [6, 6.07) is 22.7. The van der Waals surface area contributed by atoms with Crippen LogP contribution < -0.4 is 8.92 Å². The summed E-state index contributed by atoms with van der Waals surface area (Å²) in [4.78, 5) is 12.1. The first kappa shape index (κ1) is 19.4. The van der Waals surface area contributed by atoms with Crippen LogP contribution in [0.4, 0.5) is 0 Å². The second-order valence-electron chi connectivity index (χ2n) is 5.67. The largest absolute Gasteiger partial charge is 0.490 e. The van der Waals surface area contributed by atoms with Crippen LogP contribution in [0, 0.1) is 0 Å². The third-order valence-electron chi connectivity index (χ3n) is 3.66. The Balaban J connectivity index is 1.51. The smallest absolute Gasteiger partial charge is 0.339 e. The number of benzene rings is 3. The van der Waals surface area contributed by atoms with Gasteiger partial charge in [0.05, 0.1) is 5.56 Å². The second-order valence-corrected chi connectivity index (χ2v) is 7.22. The van der Waals surface area contributed by atoms with Crippen LogP contribution in [0.15, 0.2) is 89.8 Å². The molecule has 0 spiro atoms. The topological polar surface area (TPSA) is 78.9 Å². The number of hydrogen-bond donors (Lipinski definition) is 0. The minimum absolute atomic E-state index is 0.0527. The number of rotatable bonds is 8. The molecular weight excluding hydrogens is 380 g/mol. The van der Waals surface area contributed by atoms with E-state index in [1.54, 1.807) is 18.2 Å². The fourth-order valence-corrected chi connectivity index (χ4v) is 3.25. The highest BCUT2D eigenvalue weighted by Gasteiger charge is 2.16. The SMILES string of the molecule is O=C(OCCOc1ccccc1)c1ccc(OS(=O)(=O)c2ccccc2)cc1. The number of carbonyl (C=O) groups excluding carboxylic acids is 1. The Morgan fingerprint density at radius 1 is 0.714 bits per heavy atom. The van der Waals surface area contributed by atoms with Crippen LogP contribution >= 0.6 is 0 Å². The quantitative estimate of drug-likeness (QED) is 0.327. The monoisotopic (exact) mass is 398 g/mol. The van der Waals surface area contributed by atoms with Crippen LogP contribution in [0.5, 0.6) is 11.5 Å². The van der Waals surface area contributed by atoms with Gasteiger partial charge in [-0.1, -0.05) is 36.4 Å². The molecule has 0 saturated heterocycles. The van der Waals surface area contributed by atoms with Gasteiger partial charge in [-0.05, 0) is 48.5 Å². The molecule has 0 radical (unpaired) electrons. The van der Waals surface area contributed by atoms with E-state index in [4.69, 9.17) is 13.7 Å². The predicted octanol–water partition coefficient (Wildman–Crippen LogP) is 3.69. The summed E-state index contributed by atoms with van der Waals surface area (Å²) in [6.07, 6.45) is 0. The van der Waals surface area contributed by atoms with Gasteiger partial charge in [-0.2, -0.15) is 8.42 Å². The fraction of sp³-hybridized carbons (Fsp3) is 0.0952. The Morgan fingerprint density at radius 3 is 1.96 bits per heavy atom. The van der Waals surface area contributed by atoms with Gasteiger partial charge in [0.1, 0.15) is 29.6 Å². The van der Waals surface area contributed by atoms with Gasteiger partial charge in [0.2, 0.25) is 0 Å². The van der Waals surface area contributed by atoms with Gasteiger partial charge in [-0.15, -0.1) is 0 Å². The molecule has 0 saturated carbocycles. The molecule has 0 aromatic heterocycles. The molecule has 0 atom stereocenters. The van der Waals surface area contributed by atoms with Gasteiger partial charge in [0.15, 0.2) is 0 Å². The Kier molecular flexibility index (Phi) is 6.29. The summed E-state index contributed by atoms with van der Waals surface area (Å²) >= 11 is 0. The molecule has 3 aromatic rings. The molecule has 0 aliphatic rings. The van der Waals surface area contributed by atoms with Crippen molar-refractivity contribution >= 4 is 16.1 Å². The molecule has 0 N–H and O–H groups in total. The lowest BCUT2D eigenvalue weighted by Crippen LogP contribution is -2.12. The number of ether oxygens (including phenoxy) is 2. The number of para-hydroxylation sites is 1. The Morgan fingerprint density at radius 2 is 1.32 bits per heavy atom. The molecule has 0 unspecified atom stereocenters. The summed E-state index contributed by atoms with van der Waals surface area (Å²) in [5, 5.41) is 0. The summed E-state index contributed by atoms with van der Waals surface area (Å²) < 4.78 is 40.0. The molecule has 0 heterocycles. The van der Waals surface area contributed by atoms with Crippen molar-refractivity contribution in [1.29, 1.82) is 0 Å². The third kappa shape index (κ3) is 5.34. The van der Waals surface area contributed by atoms with Crippen molar-refractivity contribution in [1.82, 2.24) is 0 Å². The number of carbonyl (C=O) groups is 1. The van der Waals surface area contributed by atoms with E-state index in [0.717, 1.165) is 0 Å². The molecule has 3 aromatic carbocycles. The summed E-state index contributed by atoms with van der Waals surface area (Å²) in [6.45, 7) is 0.320. The molecule has 0 fully saturated rings. The molecular formula is C21H18O6S. The first-order valence-electron chi connectivity index (χ1n) is 8.49. The standard InChI is InChI=1S/C21H18O6S/c22-21(26-16-15-25-18-7-3-1-4-8-18)17-11-13-19(14-12-17)27-28(23,24)20-9-5-2-6-10-20/h1-14H,15-16H2. The maximum absolute atomic E-state index is 12.2. The number of esters is 1. The molecule has 0 aliphatic heterocycles. The van der Waals surface area contributed by atoms with Crippen molar-refractivity contribution in [2.45, 2.75) is 4.90 Å². The number of hydrogen-bond acceptors (Lipinski definition) is 6. The van der Waals surface area contributed by atoms with Crippen LogP contribution in [0.3, 0.4) is 0 Å². The predicted molar refractivity (Wildman–Crippen MR) is 103 cm³/mol. The zero-order valence-electron chi connectivity index (χ0n) is 14.9. The van der Waals surface area contributed by atoms with Crippen LogP contribution in [0.25, 0.3) is 0 Å². The van der Waals surface area contributed by atoms with E-state index < -0.39 is 16.1 Å². The van der Waals surface area contributed by atoms with Crippen molar-refractivity contribution < 1.29 is 26.9 Å². The maximum Gasteiger partial charge on any atom is 0.339 e. The zero-order valence-corrected chi connectivity index (χ0v) is 15.7. The average molecular weight is 398 g/mol. The average Bonchev–Trinajstić information content (AvgIpc) is 2.73. The fourth-order valence-electron chi connectivity index (χ4n) is 2.30. The first-order valence-corrected chi connectivity index (χ1v) is 9.90. The molecule has 144 valence electrons. The van der Waals surface area contributed by atoms with Gasteiger partial charge in [-0.25, -0.2) is 4.79 Å². The second kappa shape index (κ2) is 9.05. The lowest BCUT2D eigenvalue weighted by atomic mass is 10.2. The Labute approximate surface area is 163 Å². The maximum atomic E-state index is 12.2. The summed E-state index contributed by atoms with van der Waals surface area (Å²) in [5.41, 5.74) is 0.282. The van der Waals surface area contributed by atoms with Gasteiger partial charge in [0, 0.05) is 0 Å². The summed E-state index contributed by atoms with van der Waals surface area (Å²) in [5.74, 6) is 0.265. The van der Waals surface area contributed by atoms with E-state index in [9.17, 15) is 13.2 Å². The van der Waals surface area contributed by atoms with Gasteiger partial charge < -0.3 is 13.7 Å². The Hall–Kier alpha value is -3.32. The van der Waals surface area contributed by atoms with E-state index in [1.807, 2.05) is 30.3 Å². The van der Waals surface area contributed by atoms with E-state index in [2.05, 4.69) is 0 Å². The highest BCUT2D eigenvalue weighted by molar-refractivity contribution is 7.87. The third-order valence-corrected chi connectivity index (χ3v) is 4.92. The van der Waals surface area contributed by atoms with Crippen LogP contribution in [0.2, 0.25) is 0 Å². The minimum Gasteiger partial charge on any atom is -0.490 e. The molecule has 0 aliphatic carbocycles. The molecule has 7 heteroatoms. The van der Waals surface area contributed by atoms with Crippen LogP contribution in [-0.4, -0.2) is 27.6 Å². The lowest BCUT2D eigenvalue weighted by Gasteiger charge is -2.09. The van der Waals surface area contributed by atoms with E-state index >= 15 is 0 Å². The molecule has 0 amide bonds. The molecule has 28 heavy (non-hydrogen) atoms. The van der Waals surface area contributed by atoms with E-state index in [0.29, 0.717) is 5.75 Å². The minimum atomic E-state index is -3.92. The lowest BCUT2D eigenvalue weighted by molar-refractivity contribution is 0.0450. The van der Waals surface area contributed by atoms with Gasteiger partial charge in [0.25, 0.3) is 0 Å². The zero-order chi connectivity index (χ0) is 19.8. The van der Waals surface area contributed by atoms with Crippen molar-refractivity contribution in [3.63, 3.8) is 0 Å². The van der Waals surface area contributed by atoms with Crippen molar-refractivity contribution in [2.24, 2.45) is 0 Å². The van der Waals surface area contributed by atoms with Gasteiger partial charge >= 0.3 is 16.1 Å². The highest BCUT2D eigenvalue weighted by Crippen LogP contribution is 2.19. The van der Waals surface area contributed by atoms with Crippen LogP contribution in [0.1, 0.15) is 10.4 Å². The summed E-state index contributed by atoms with van der Waals surface area (Å²) in [7, 11) is -3.92. The van der Waals surface area contributed by atoms with Crippen molar-refractivity contribution in [3.8, 4) is 11.5 Å². The first-order chi connectivity index (χ1) is 13.5. The van der Waals surface area contributed by atoms with Crippen molar-refractivity contribution in [3.05, 3.63) is 90.5 Å². The van der Waals surface area contributed by atoms with Gasteiger partial charge in [-0.3, -0.25) is 0 Å². The Bertz CT molecular complexity index is 1000. The normalized spacial score (nSPS) is 10.9. The highest BCUT2D eigenvalue weighted by atomic mass is 32.2. The van der Waals surface area contributed by atoms with Crippen molar-refractivity contribution in [2.75, 3.05) is 13.2 Å². The molecule has 6 nitrogen and oxygen atoms in total. The molecule has 0 bridgehead atoms. The van der Waals surface area contributed by atoms with Crippen LogP contribution in [-0.2, 0) is 14.9 Å².